The Hall–Kier alpha value is -3.02. The predicted molar refractivity (Wildman–Crippen MR) is 112 cm³/mol. The molecule has 140 valence electrons. The van der Waals surface area contributed by atoms with Crippen LogP contribution < -0.4 is 10.1 Å². The molecule has 0 bridgehead atoms. The lowest BCUT2D eigenvalue weighted by atomic mass is 10.2. The number of anilines is 1. The lowest BCUT2D eigenvalue weighted by molar-refractivity contribution is 0.102. The Bertz CT molecular complexity index is 1170. The maximum absolute atomic E-state index is 12.7. The van der Waals surface area contributed by atoms with Gasteiger partial charge in [-0.05, 0) is 42.5 Å². The second kappa shape index (κ2) is 7.54. The number of amides is 1. The maximum atomic E-state index is 12.7. The van der Waals surface area contributed by atoms with Crippen molar-refractivity contribution in [1.82, 2.24) is 9.97 Å². The van der Waals surface area contributed by atoms with Gasteiger partial charge in [-0.3, -0.25) is 4.79 Å². The summed E-state index contributed by atoms with van der Waals surface area (Å²) >= 11 is 12.5. The SMILES string of the molecule is COc1ccccc1NC(=O)c1ccc2nc(-c3c(Cl)cccc3Cl)[nH]c2c1. The molecule has 5 nitrogen and oxygen atoms in total. The molecule has 4 rings (SSSR count). The minimum absolute atomic E-state index is 0.252. The largest absolute Gasteiger partial charge is 0.495 e. The monoisotopic (exact) mass is 411 g/mol. The number of H-pyrrole nitrogens is 1. The first kappa shape index (κ1) is 18.3. The number of imidazole rings is 1. The Labute approximate surface area is 171 Å². The van der Waals surface area contributed by atoms with Crippen LogP contribution in [0.2, 0.25) is 10.0 Å². The molecular weight excluding hydrogens is 397 g/mol. The Morgan fingerprint density at radius 2 is 1.79 bits per heavy atom. The van der Waals surface area contributed by atoms with Gasteiger partial charge >= 0.3 is 0 Å². The molecule has 7 heteroatoms. The highest BCUT2D eigenvalue weighted by atomic mass is 35.5. The summed E-state index contributed by atoms with van der Waals surface area (Å²) in [5, 5.41) is 3.86. The number of hydrogen-bond donors (Lipinski definition) is 2. The number of fused-ring (bicyclic) bond motifs is 1. The highest BCUT2D eigenvalue weighted by Gasteiger charge is 2.15. The van der Waals surface area contributed by atoms with Gasteiger partial charge in [0.2, 0.25) is 0 Å². The second-order valence-electron chi connectivity index (χ2n) is 6.07. The number of hydrogen-bond acceptors (Lipinski definition) is 3. The number of ether oxygens (including phenoxy) is 1. The zero-order valence-electron chi connectivity index (χ0n) is 14.8. The lowest BCUT2D eigenvalue weighted by Gasteiger charge is -2.09. The van der Waals surface area contributed by atoms with Crippen LogP contribution in [0.3, 0.4) is 0 Å². The van der Waals surface area contributed by atoms with Crippen LogP contribution in [0.5, 0.6) is 5.75 Å². The Morgan fingerprint density at radius 3 is 2.54 bits per heavy atom. The smallest absolute Gasteiger partial charge is 0.255 e. The molecule has 0 radical (unpaired) electrons. The van der Waals surface area contributed by atoms with Crippen molar-refractivity contribution < 1.29 is 9.53 Å². The zero-order valence-corrected chi connectivity index (χ0v) is 16.3. The van der Waals surface area contributed by atoms with E-state index < -0.39 is 0 Å². The van der Waals surface area contributed by atoms with E-state index in [1.165, 1.54) is 0 Å². The van der Waals surface area contributed by atoms with Crippen LogP contribution in [0.15, 0.2) is 60.7 Å². The fourth-order valence-corrected chi connectivity index (χ4v) is 3.51. The first-order chi connectivity index (χ1) is 13.6. The van der Waals surface area contributed by atoms with Crippen molar-refractivity contribution in [3.8, 4) is 17.1 Å². The molecule has 1 amide bonds. The first-order valence-corrected chi connectivity index (χ1v) is 9.21. The molecule has 0 aliphatic carbocycles. The summed E-state index contributed by atoms with van der Waals surface area (Å²) in [5.41, 5.74) is 3.13. The number of nitrogens with one attached hydrogen (secondary N) is 2. The van der Waals surface area contributed by atoms with Gasteiger partial charge in [0.15, 0.2) is 0 Å². The Kier molecular flexibility index (Phi) is 4.94. The van der Waals surface area contributed by atoms with Gasteiger partial charge < -0.3 is 15.0 Å². The molecule has 0 saturated heterocycles. The number of methoxy groups -OCH3 is 1. The number of aromatic nitrogens is 2. The summed E-state index contributed by atoms with van der Waals surface area (Å²) in [4.78, 5) is 20.4. The van der Waals surface area contributed by atoms with Gasteiger partial charge in [-0.15, -0.1) is 0 Å². The normalized spacial score (nSPS) is 10.8. The number of rotatable bonds is 4. The fraction of sp³-hybridized carbons (Fsp3) is 0.0476. The molecule has 0 aliphatic rings. The van der Waals surface area contributed by atoms with E-state index in [0.717, 1.165) is 0 Å². The van der Waals surface area contributed by atoms with E-state index in [1.807, 2.05) is 12.1 Å². The number of nitrogens with zero attached hydrogens (tertiary/aromatic N) is 1. The average Bonchev–Trinajstić information content (AvgIpc) is 3.11. The third kappa shape index (κ3) is 3.42. The summed E-state index contributed by atoms with van der Waals surface area (Å²) in [6.45, 7) is 0. The van der Waals surface area contributed by atoms with Crippen molar-refractivity contribution in [2.75, 3.05) is 12.4 Å². The van der Waals surface area contributed by atoms with E-state index in [0.29, 0.717) is 49.5 Å². The van der Waals surface area contributed by atoms with Crippen LogP contribution in [0, 0.1) is 0 Å². The van der Waals surface area contributed by atoms with Crippen LogP contribution in [0.25, 0.3) is 22.4 Å². The third-order valence-electron chi connectivity index (χ3n) is 4.30. The van der Waals surface area contributed by atoms with Gasteiger partial charge in [-0.2, -0.15) is 0 Å². The second-order valence-corrected chi connectivity index (χ2v) is 6.88. The summed E-state index contributed by atoms with van der Waals surface area (Å²) in [7, 11) is 1.56. The molecule has 2 N–H and O–H groups in total. The number of halogens is 2. The van der Waals surface area contributed by atoms with Crippen LogP contribution >= 0.6 is 23.2 Å². The zero-order chi connectivity index (χ0) is 19.7. The standard InChI is InChI=1S/C21H15Cl2N3O2/c1-28-18-8-3-2-7-16(18)26-21(27)12-9-10-15-17(11-12)25-20(24-15)19-13(22)5-4-6-14(19)23/h2-11H,1H3,(H,24,25)(H,26,27). The summed E-state index contributed by atoms with van der Waals surface area (Å²) < 4.78 is 5.27. The quantitative estimate of drug-likeness (QED) is 0.445. The number of para-hydroxylation sites is 2. The predicted octanol–water partition coefficient (Wildman–Crippen LogP) is 5.80. The number of benzene rings is 3. The van der Waals surface area contributed by atoms with Crippen molar-refractivity contribution in [3.05, 3.63) is 76.3 Å². The topological polar surface area (TPSA) is 67.0 Å². The minimum atomic E-state index is -0.252. The van der Waals surface area contributed by atoms with Gasteiger partial charge in [-0.25, -0.2) is 4.98 Å². The Balaban J connectivity index is 1.67. The molecule has 0 unspecified atom stereocenters. The van der Waals surface area contributed by atoms with Crippen molar-refractivity contribution in [1.29, 1.82) is 0 Å². The molecule has 0 saturated carbocycles. The molecule has 0 spiro atoms. The molecule has 28 heavy (non-hydrogen) atoms. The van der Waals surface area contributed by atoms with Crippen molar-refractivity contribution >= 4 is 45.8 Å². The minimum Gasteiger partial charge on any atom is -0.495 e. The van der Waals surface area contributed by atoms with Gasteiger partial charge in [0.05, 0.1) is 39.4 Å². The van der Waals surface area contributed by atoms with Crippen molar-refractivity contribution in [2.45, 2.75) is 0 Å². The number of carbonyl (C=O) groups is 1. The van der Waals surface area contributed by atoms with Gasteiger partial charge in [0.1, 0.15) is 11.6 Å². The molecule has 0 atom stereocenters. The molecule has 0 aliphatic heterocycles. The van der Waals surface area contributed by atoms with E-state index >= 15 is 0 Å². The number of aromatic amines is 1. The van der Waals surface area contributed by atoms with E-state index in [4.69, 9.17) is 27.9 Å². The Morgan fingerprint density at radius 1 is 1.04 bits per heavy atom. The van der Waals surface area contributed by atoms with E-state index in [2.05, 4.69) is 15.3 Å². The highest BCUT2D eigenvalue weighted by molar-refractivity contribution is 6.39. The molecule has 0 fully saturated rings. The summed E-state index contributed by atoms with van der Waals surface area (Å²) in [5.74, 6) is 0.889. The van der Waals surface area contributed by atoms with Crippen molar-refractivity contribution in [3.63, 3.8) is 0 Å². The molecule has 3 aromatic carbocycles. The van der Waals surface area contributed by atoms with E-state index in [-0.39, 0.29) is 5.91 Å². The highest BCUT2D eigenvalue weighted by Crippen LogP contribution is 2.34. The first-order valence-electron chi connectivity index (χ1n) is 8.45. The molecule has 1 aromatic heterocycles. The van der Waals surface area contributed by atoms with Crippen LogP contribution in [0.4, 0.5) is 5.69 Å². The summed E-state index contributed by atoms with van der Waals surface area (Å²) in [6, 6.07) is 17.7. The number of carbonyl (C=O) groups excluding carboxylic acids is 1. The molecule has 4 aromatic rings. The van der Waals surface area contributed by atoms with Gasteiger partial charge in [-0.1, -0.05) is 41.4 Å². The lowest BCUT2D eigenvalue weighted by Crippen LogP contribution is -2.12. The molecule has 1 heterocycles. The maximum Gasteiger partial charge on any atom is 0.255 e. The van der Waals surface area contributed by atoms with Crippen molar-refractivity contribution in [2.24, 2.45) is 0 Å². The van der Waals surface area contributed by atoms with Crippen LogP contribution in [-0.4, -0.2) is 23.0 Å². The third-order valence-corrected chi connectivity index (χ3v) is 4.93. The van der Waals surface area contributed by atoms with E-state index in [9.17, 15) is 4.79 Å². The van der Waals surface area contributed by atoms with Crippen LogP contribution in [0.1, 0.15) is 10.4 Å². The fourth-order valence-electron chi connectivity index (χ4n) is 2.94. The molecular formula is C21H15Cl2N3O2. The summed E-state index contributed by atoms with van der Waals surface area (Å²) in [6.07, 6.45) is 0. The van der Waals surface area contributed by atoms with E-state index in [1.54, 1.807) is 55.6 Å². The van der Waals surface area contributed by atoms with Gasteiger partial charge in [0, 0.05) is 5.56 Å². The average molecular weight is 412 g/mol. The van der Waals surface area contributed by atoms with Crippen LogP contribution in [-0.2, 0) is 0 Å². The van der Waals surface area contributed by atoms with Gasteiger partial charge in [0.25, 0.3) is 5.91 Å².